The first kappa shape index (κ1) is 19.6. The second-order valence-electron chi connectivity index (χ2n) is 6.35. The van der Waals surface area contributed by atoms with Gasteiger partial charge in [-0.05, 0) is 55.5 Å². The average molecular weight is 401 g/mol. The second kappa shape index (κ2) is 8.22. The fraction of sp³-hybridized carbons (Fsp3) is 0.263. The molecular weight excluding hydrogens is 382 g/mol. The van der Waals surface area contributed by atoms with Crippen molar-refractivity contribution >= 4 is 40.0 Å². The fourth-order valence-corrected chi connectivity index (χ4v) is 4.37. The highest BCUT2D eigenvalue weighted by Crippen LogP contribution is 2.37. The summed E-state index contributed by atoms with van der Waals surface area (Å²) in [5, 5.41) is 3.01. The van der Waals surface area contributed by atoms with Crippen LogP contribution in [0.1, 0.15) is 54.4 Å². The molecule has 0 unspecified atom stereocenters. The predicted octanol–water partition coefficient (Wildman–Crippen LogP) is 1.62. The van der Waals surface area contributed by atoms with Crippen LogP contribution in [0.5, 0.6) is 0 Å². The summed E-state index contributed by atoms with van der Waals surface area (Å²) in [5.41, 5.74) is 12.3. The van der Waals surface area contributed by atoms with Crippen molar-refractivity contribution in [3.8, 4) is 0 Å². The van der Waals surface area contributed by atoms with Crippen molar-refractivity contribution in [1.29, 1.82) is 0 Å². The molecule has 0 bridgehead atoms. The number of hydrogen-bond acceptors (Lipinski definition) is 6. The maximum absolute atomic E-state index is 12.2. The number of esters is 1. The highest BCUT2D eigenvalue weighted by Gasteiger charge is 2.25. The summed E-state index contributed by atoms with van der Waals surface area (Å²) < 4.78 is 4.99. The zero-order valence-electron chi connectivity index (χ0n) is 14.9. The minimum Gasteiger partial charge on any atom is -0.452 e. The molecule has 0 saturated heterocycles. The van der Waals surface area contributed by atoms with Crippen LogP contribution in [0.15, 0.2) is 24.3 Å². The van der Waals surface area contributed by atoms with Gasteiger partial charge in [0.05, 0.1) is 11.1 Å². The van der Waals surface area contributed by atoms with Crippen LogP contribution in [0.4, 0.5) is 5.00 Å². The van der Waals surface area contributed by atoms with Crippen molar-refractivity contribution in [2.24, 2.45) is 11.5 Å². The summed E-state index contributed by atoms with van der Waals surface area (Å²) in [6, 6.07) is 5.57. The van der Waals surface area contributed by atoms with Crippen molar-refractivity contribution in [2.45, 2.75) is 25.7 Å². The molecule has 0 radical (unpaired) electrons. The lowest BCUT2D eigenvalue weighted by Gasteiger charge is -2.11. The number of aryl methyl sites for hydroxylation is 1. The SMILES string of the molecule is NC(=O)c1ccc(C(=O)OCC(=O)Nc2sc3c(c2C(N)=O)CCCC3)cc1. The van der Waals surface area contributed by atoms with Gasteiger partial charge in [-0.15, -0.1) is 11.3 Å². The van der Waals surface area contributed by atoms with E-state index in [1.54, 1.807) is 0 Å². The van der Waals surface area contributed by atoms with Crippen LogP contribution in [0.2, 0.25) is 0 Å². The van der Waals surface area contributed by atoms with Gasteiger partial charge in [-0.2, -0.15) is 0 Å². The molecule has 0 saturated carbocycles. The van der Waals surface area contributed by atoms with Crippen LogP contribution in [-0.2, 0) is 22.4 Å². The molecule has 1 heterocycles. The van der Waals surface area contributed by atoms with Crippen molar-refractivity contribution in [1.82, 2.24) is 0 Å². The van der Waals surface area contributed by atoms with E-state index in [1.165, 1.54) is 35.6 Å². The summed E-state index contributed by atoms with van der Waals surface area (Å²) in [5.74, 6) is -2.47. The minimum absolute atomic E-state index is 0.183. The number of nitrogens with one attached hydrogen (secondary N) is 1. The quantitative estimate of drug-likeness (QED) is 0.631. The summed E-state index contributed by atoms with van der Waals surface area (Å²) in [4.78, 5) is 48.1. The Morgan fingerprint density at radius 1 is 0.964 bits per heavy atom. The van der Waals surface area contributed by atoms with Crippen LogP contribution >= 0.6 is 11.3 Å². The van der Waals surface area contributed by atoms with E-state index < -0.39 is 30.3 Å². The van der Waals surface area contributed by atoms with Crippen LogP contribution < -0.4 is 16.8 Å². The summed E-state index contributed by atoms with van der Waals surface area (Å²) >= 11 is 1.34. The molecule has 3 amide bonds. The molecular formula is C19H19N3O5S. The highest BCUT2D eigenvalue weighted by molar-refractivity contribution is 7.17. The molecule has 0 fully saturated rings. The Bertz CT molecular complexity index is 949. The Morgan fingerprint density at radius 3 is 2.25 bits per heavy atom. The van der Waals surface area contributed by atoms with Crippen LogP contribution in [0.3, 0.4) is 0 Å². The molecule has 146 valence electrons. The molecule has 8 nitrogen and oxygen atoms in total. The largest absolute Gasteiger partial charge is 0.452 e. The molecule has 3 rings (SSSR count). The number of carbonyl (C=O) groups is 4. The third-order valence-electron chi connectivity index (χ3n) is 4.41. The topological polar surface area (TPSA) is 142 Å². The Hall–Kier alpha value is -3.20. The van der Waals surface area contributed by atoms with E-state index in [0.29, 0.717) is 10.6 Å². The first-order valence-electron chi connectivity index (χ1n) is 8.68. The molecule has 0 atom stereocenters. The van der Waals surface area contributed by atoms with Gasteiger partial charge in [0.1, 0.15) is 5.00 Å². The van der Waals surface area contributed by atoms with Crippen molar-refractivity contribution in [3.63, 3.8) is 0 Å². The molecule has 0 spiro atoms. The summed E-state index contributed by atoms with van der Waals surface area (Å²) in [6.45, 7) is -0.517. The molecule has 1 aromatic carbocycles. The predicted molar refractivity (Wildman–Crippen MR) is 103 cm³/mol. The number of nitrogens with two attached hydrogens (primary N) is 2. The summed E-state index contributed by atoms with van der Waals surface area (Å²) in [6.07, 6.45) is 3.62. The van der Waals surface area contributed by atoms with Gasteiger partial charge in [0, 0.05) is 10.4 Å². The molecule has 1 aromatic heterocycles. The van der Waals surface area contributed by atoms with Crippen LogP contribution in [0, 0.1) is 0 Å². The number of primary amides is 2. The average Bonchev–Trinajstić information content (AvgIpc) is 3.04. The van der Waals surface area contributed by atoms with Gasteiger partial charge in [-0.3, -0.25) is 14.4 Å². The normalized spacial score (nSPS) is 12.7. The maximum atomic E-state index is 12.2. The van der Waals surface area contributed by atoms with Gasteiger partial charge in [0.25, 0.3) is 11.8 Å². The number of carbonyl (C=O) groups excluding carboxylic acids is 4. The Balaban J connectivity index is 1.63. The standard InChI is InChI=1S/C19H19N3O5S/c20-16(24)10-5-7-11(8-6-10)19(26)27-9-14(23)22-18-15(17(21)25)12-3-1-2-4-13(12)28-18/h5-8H,1-4,9H2,(H2,20,24)(H2,21,25)(H,22,23). The minimum atomic E-state index is -0.716. The van der Waals surface area contributed by atoms with Crippen molar-refractivity contribution in [3.05, 3.63) is 51.4 Å². The molecule has 28 heavy (non-hydrogen) atoms. The van der Waals surface area contributed by atoms with Gasteiger partial charge in [0.15, 0.2) is 6.61 Å². The zero-order valence-corrected chi connectivity index (χ0v) is 15.8. The fourth-order valence-electron chi connectivity index (χ4n) is 3.06. The van der Waals surface area contributed by atoms with Crippen LogP contribution in [-0.4, -0.2) is 30.3 Å². The van der Waals surface area contributed by atoms with Crippen molar-refractivity contribution in [2.75, 3.05) is 11.9 Å². The molecule has 5 N–H and O–H groups in total. The monoisotopic (exact) mass is 401 g/mol. The molecule has 1 aliphatic carbocycles. The number of amides is 3. The second-order valence-corrected chi connectivity index (χ2v) is 7.45. The Labute approximate surface area is 164 Å². The lowest BCUT2D eigenvalue weighted by molar-refractivity contribution is -0.119. The number of thiophene rings is 1. The van der Waals surface area contributed by atoms with Gasteiger partial charge < -0.3 is 21.5 Å². The maximum Gasteiger partial charge on any atom is 0.338 e. The van der Waals surface area contributed by atoms with Gasteiger partial charge in [-0.25, -0.2) is 4.79 Å². The third kappa shape index (κ3) is 4.20. The van der Waals surface area contributed by atoms with E-state index >= 15 is 0 Å². The first-order chi connectivity index (χ1) is 13.4. The molecule has 2 aromatic rings. The van der Waals surface area contributed by atoms with E-state index in [1.807, 2.05) is 0 Å². The van der Waals surface area contributed by atoms with E-state index in [4.69, 9.17) is 16.2 Å². The van der Waals surface area contributed by atoms with Crippen molar-refractivity contribution < 1.29 is 23.9 Å². The van der Waals surface area contributed by atoms with Crippen LogP contribution in [0.25, 0.3) is 0 Å². The molecule has 1 aliphatic rings. The number of fused-ring (bicyclic) bond motifs is 1. The zero-order chi connectivity index (χ0) is 20.3. The molecule has 0 aliphatic heterocycles. The van der Waals surface area contributed by atoms with Gasteiger partial charge in [-0.1, -0.05) is 0 Å². The first-order valence-corrected chi connectivity index (χ1v) is 9.49. The number of anilines is 1. The van der Waals surface area contributed by atoms with E-state index in [-0.39, 0.29) is 11.1 Å². The number of ether oxygens (including phenoxy) is 1. The van der Waals surface area contributed by atoms with Gasteiger partial charge in [0.2, 0.25) is 5.91 Å². The van der Waals surface area contributed by atoms with Gasteiger partial charge >= 0.3 is 5.97 Å². The van der Waals surface area contributed by atoms with E-state index in [0.717, 1.165) is 36.1 Å². The van der Waals surface area contributed by atoms with E-state index in [9.17, 15) is 19.2 Å². The Morgan fingerprint density at radius 2 is 1.61 bits per heavy atom. The Kier molecular flexibility index (Phi) is 5.74. The summed E-state index contributed by atoms with van der Waals surface area (Å²) in [7, 11) is 0. The lowest BCUT2D eigenvalue weighted by Crippen LogP contribution is -2.23. The third-order valence-corrected chi connectivity index (χ3v) is 5.62. The smallest absolute Gasteiger partial charge is 0.338 e. The highest BCUT2D eigenvalue weighted by atomic mass is 32.1. The number of benzene rings is 1. The number of rotatable bonds is 6. The number of hydrogen-bond donors (Lipinski definition) is 3. The lowest BCUT2D eigenvalue weighted by atomic mass is 9.95. The molecule has 9 heteroatoms. The van der Waals surface area contributed by atoms with E-state index in [2.05, 4.69) is 5.32 Å².